The number of H-pyrrole nitrogens is 1. The molecular weight excluding hydrogens is 424 g/mol. The highest BCUT2D eigenvalue weighted by Gasteiger charge is 2.30. The van der Waals surface area contributed by atoms with Gasteiger partial charge in [-0.15, -0.1) is 0 Å². The summed E-state index contributed by atoms with van der Waals surface area (Å²) in [6.45, 7) is 3.77. The van der Waals surface area contributed by atoms with Gasteiger partial charge in [0, 0.05) is 23.7 Å². The van der Waals surface area contributed by atoms with E-state index in [0.717, 1.165) is 31.2 Å². The summed E-state index contributed by atoms with van der Waals surface area (Å²) in [6, 6.07) is 5.11. The Morgan fingerprint density at radius 3 is 2.71 bits per heavy atom. The molecule has 1 fully saturated rings. The van der Waals surface area contributed by atoms with E-state index < -0.39 is 10.0 Å². The lowest BCUT2D eigenvalue weighted by atomic mass is 10.0. The van der Waals surface area contributed by atoms with Crippen LogP contribution in [0.2, 0.25) is 0 Å². The van der Waals surface area contributed by atoms with Gasteiger partial charge in [-0.25, -0.2) is 13.2 Å². The number of methoxy groups -OCH3 is 1. The SMILES string of the molecule is COc1nc(Nc2cc([C@@H]3CC[C@H](OC(=O)NC(C)C)C3)[nH]n2)ccc1NS(C)(=O)=O. The molecule has 4 N–H and O–H groups in total. The van der Waals surface area contributed by atoms with Gasteiger partial charge in [0.2, 0.25) is 15.9 Å². The topological polar surface area (TPSA) is 147 Å². The molecule has 0 spiro atoms. The summed E-state index contributed by atoms with van der Waals surface area (Å²) in [5.74, 6) is 1.37. The third-order valence-corrected chi connectivity index (χ3v) is 5.30. The minimum Gasteiger partial charge on any atom is -0.479 e. The number of aromatic amines is 1. The van der Waals surface area contributed by atoms with E-state index in [1.807, 2.05) is 19.9 Å². The molecule has 1 aliphatic rings. The van der Waals surface area contributed by atoms with Crippen LogP contribution in [0.4, 0.5) is 22.1 Å². The van der Waals surface area contributed by atoms with E-state index in [-0.39, 0.29) is 35.7 Å². The van der Waals surface area contributed by atoms with E-state index >= 15 is 0 Å². The van der Waals surface area contributed by atoms with Crippen LogP contribution in [-0.2, 0) is 14.8 Å². The quantitative estimate of drug-likeness (QED) is 0.478. The van der Waals surface area contributed by atoms with Gasteiger partial charge < -0.3 is 20.1 Å². The smallest absolute Gasteiger partial charge is 0.407 e. The molecule has 31 heavy (non-hydrogen) atoms. The number of ether oxygens (including phenoxy) is 2. The van der Waals surface area contributed by atoms with E-state index in [0.29, 0.717) is 11.6 Å². The first kappa shape index (κ1) is 22.7. The van der Waals surface area contributed by atoms with Crippen molar-refractivity contribution in [3.63, 3.8) is 0 Å². The average Bonchev–Trinajstić information content (AvgIpc) is 3.30. The fourth-order valence-electron chi connectivity index (χ4n) is 3.43. The van der Waals surface area contributed by atoms with Crippen LogP contribution >= 0.6 is 0 Å². The lowest BCUT2D eigenvalue weighted by molar-refractivity contribution is 0.0981. The van der Waals surface area contributed by atoms with Gasteiger partial charge in [-0.3, -0.25) is 9.82 Å². The fraction of sp³-hybridized carbons (Fsp3) is 0.526. The van der Waals surface area contributed by atoms with Crippen LogP contribution in [-0.4, -0.2) is 55.2 Å². The zero-order chi connectivity index (χ0) is 22.6. The van der Waals surface area contributed by atoms with Crippen LogP contribution in [0.25, 0.3) is 0 Å². The molecule has 0 aromatic carbocycles. The van der Waals surface area contributed by atoms with Gasteiger partial charge in [-0.2, -0.15) is 10.1 Å². The first-order chi connectivity index (χ1) is 14.6. The number of amides is 1. The maximum atomic E-state index is 11.8. The number of sulfonamides is 1. The van der Waals surface area contributed by atoms with Crippen molar-refractivity contribution in [3.05, 3.63) is 23.9 Å². The van der Waals surface area contributed by atoms with E-state index in [1.165, 1.54) is 7.11 Å². The van der Waals surface area contributed by atoms with Crippen molar-refractivity contribution in [1.82, 2.24) is 20.5 Å². The van der Waals surface area contributed by atoms with Gasteiger partial charge in [-0.05, 0) is 45.2 Å². The summed E-state index contributed by atoms with van der Waals surface area (Å²) in [5.41, 5.74) is 1.19. The molecule has 11 nitrogen and oxygen atoms in total. The van der Waals surface area contributed by atoms with Gasteiger partial charge in [0.25, 0.3) is 0 Å². The number of alkyl carbamates (subject to hydrolysis) is 1. The van der Waals surface area contributed by atoms with Crippen molar-refractivity contribution in [2.24, 2.45) is 0 Å². The molecule has 0 radical (unpaired) electrons. The monoisotopic (exact) mass is 452 g/mol. The molecule has 3 rings (SSSR count). The summed E-state index contributed by atoms with van der Waals surface area (Å²) in [5, 5.41) is 13.1. The number of rotatable bonds is 8. The normalized spacial score (nSPS) is 18.6. The third-order valence-electron chi connectivity index (χ3n) is 4.71. The number of anilines is 3. The number of carbonyl (C=O) groups excluding carboxylic acids is 1. The van der Waals surface area contributed by atoms with Crippen molar-refractivity contribution in [3.8, 4) is 5.88 Å². The molecule has 2 heterocycles. The maximum absolute atomic E-state index is 11.8. The van der Waals surface area contributed by atoms with Crippen molar-refractivity contribution in [2.75, 3.05) is 23.4 Å². The number of nitrogens with zero attached hydrogens (tertiary/aromatic N) is 2. The number of hydrogen-bond acceptors (Lipinski definition) is 8. The summed E-state index contributed by atoms with van der Waals surface area (Å²) in [6.07, 6.45) is 2.96. The summed E-state index contributed by atoms with van der Waals surface area (Å²) < 4.78 is 35.9. The molecule has 0 saturated heterocycles. The molecule has 0 aliphatic heterocycles. The van der Waals surface area contributed by atoms with Crippen LogP contribution < -0.4 is 20.1 Å². The van der Waals surface area contributed by atoms with Gasteiger partial charge in [0.15, 0.2) is 5.82 Å². The second-order valence-corrected chi connectivity index (χ2v) is 9.55. The predicted molar refractivity (Wildman–Crippen MR) is 116 cm³/mol. The largest absolute Gasteiger partial charge is 0.479 e. The molecule has 0 bridgehead atoms. The van der Waals surface area contributed by atoms with Crippen LogP contribution in [0.5, 0.6) is 5.88 Å². The first-order valence-electron chi connectivity index (χ1n) is 9.95. The zero-order valence-electron chi connectivity index (χ0n) is 17.9. The second-order valence-electron chi connectivity index (χ2n) is 7.80. The van der Waals surface area contributed by atoms with E-state index in [2.05, 4.69) is 30.5 Å². The van der Waals surface area contributed by atoms with E-state index in [4.69, 9.17) is 9.47 Å². The molecular formula is C19H28N6O5S. The Hall–Kier alpha value is -3.02. The van der Waals surface area contributed by atoms with Crippen LogP contribution in [0.1, 0.15) is 44.7 Å². The molecule has 1 saturated carbocycles. The lowest BCUT2D eigenvalue weighted by Crippen LogP contribution is -2.33. The maximum Gasteiger partial charge on any atom is 0.407 e. The Morgan fingerprint density at radius 1 is 1.26 bits per heavy atom. The lowest BCUT2D eigenvalue weighted by Gasteiger charge is -2.14. The second kappa shape index (κ2) is 9.41. The number of carbonyl (C=O) groups is 1. The molecule has 1 amide bonds. The molecule has 2 atom stereocenters. The Morgan fingerprint density at radius 2 is 2.03 bits per heavy atom. The third kappa shape index (κ3) is 6.48. The molecule has 1 aliphatic carbocycles. The summed E-state index contributed by atoms with van der Waals surface area (Å²) >= 11 is 0. The van der Waals surface area contributed by atoms with Crippen molar-refractivity contribution >= 4 is 33.4 Å². The van der Waals surface area contributed by atoms with Crippen LogP contribution in [0.15, 0.2) is 18.2 Å². The number of nitrogens with one attached hydrogen (secondary N) is 4. The minimum absolute atomic E-state index is 0.0365. The number of pyridine rings is 1. The van der Waals surface area contributed by atoms with Crippen molar-refractivity contribution in [1.29, 1.82) is 0 Å². The average molecular weight is 453 g/mol. The van der Waals surface area contributed by atoms with Gasteiger partial charge in [0.1, 0.15) is 17.6 Å². The zero-order valence-corrected chi connectivity index (χ0v) is 18.7. The number of aromatic nitrogens is 3. The highest BCUT2D eigenvalue weighted by atomic mass is 32.2. The summed E-state index contributed by atoms with van der Waals surface area (Å²) in [7, 11) is -2.04. The van der Waals surface area contributed by atoms with Crippen molar-refractivity contribution < 1.29 is 22.7 Å². The van der Waals surface area contributed by atoms with Gasteiger partial charge >= 0.3 is 6.09 Å². The molecule has 170 valence electrons. The molecule has 2 aromatic rings. The van der Waals surface area contributed by atoms with E-state index in [1.54, 1.807) is 12.1 Å². The van der Waals surface area contributed by atoms with E-state index in [9.17, 15) is 13.2 Å². The van der Waals surface area contributed by atoms with Crippen molar-refractivity contribution in [2.45, 2.75) is 51.2 Å². The highest BCUT2D eigenvalue weighted by Crippen LogP contribution is 2.36. The standard InChI is InChI=1S/C19H28N6O5S/c1-11(2)20-19(26)30-13-6-5-12(9-13)15-10-17(24-23-15)21-16-8-7-14(18(22-16)29-3)25-31(4,27)28/h7-8,10-13,25H,5-6,9H2,1-4H3,(H,20,26)(H2,21,22,23,24)/t12-,13+/m1/s1. The Kier molecular flexibility index (Phi) is 6.88. The molecule has 2 aromatic heterocycles. The van der Waals surface area contributed by atoms with Gasteiger partial charge in [0.05, 0.1) is 13.4 Å². The number of hydrogen-bond donors (Lipinski definition) is 4. The van der Waals surface area contributed by atoms with Crippen LogP contribution in [0.3, 0.4) is 0 Å². The first-order valence-corrected chi connectivity index (χ1v) is 11.8. The summed E-state index contributed by atoms with van der Waals surface area (Å²) in [4.78, 5) is 16.1. The highest BCUT2D eigenvalue weighted by molar-refractivity contribution is 7.92. The Labute approximate surface area is 181 Å². The molecule has 12 heteroatoms. The Bertz CT molecular complexity index is 1020. The minimum atomic E-state index is -3.45. The van der Waals surface area contributed by atoms with Gasteiger partial charge in [-0.1, -0.05) is 0 Å². The predicted octanol–water partition coefficient (Wildman–Crippen LogP) is 2.70. The molecule has 0 unspecified atom stereocenters. The van der Waals surface area contributed by atoms with Crippen LogP contribution in [0, 0.1) is 0 Å². The fourth-order valence-corrected chi connectivity index (χ4v) is 3.99. The Balaban J connectivity index is 1.61.